The lowest BCUT2D eigenvalue weighted by molar-refractivity contribution is 0.0137. The first-order valence-corrected chi connectivity index (χ1v) is 15.7. The molecule has 1 aliphatic rings. The number of hydrogen-bond acceptors (Lipinski definition) is 10. The van der Waals surface area contributed by atoms with Crippen LogP contribution >= 0.6 is 11.6 Å². The lowest BCUT2D eigenvalue weighted by Gasteiger charge is -2.35. The fourth-order valence-corrected chi connectivity index (χ4v) is 4.81. The second-order valence-electron chi connectivity index (χ2n) is 10.7. The molecule has 42 heavy (non-hydrogen) atoms. The number of rotatable bonds is 10. The van der Waals surface area contributed by atoms with Crippen LogP contribution in [0.4, 0.5) is 33.6 Å². The van der Waals surface area contributed by atoms with Gasteiger partial charge in [-0.2, -0.15) is 4.98 Å². The highest BCUT2D eigenvalue weighted by Gasteiger charge is 2.25. The quantitative estimate of drug-likeness (QED) is 0.287. The number of benzene rings is 2. The van der Waals surface area contributed by atoms with E-state index in [0.29, 0.717) is 48.3 Å². The summed E-state index contributed by atoms with van der Waals surface area (Å²) in [6.07, 6.45) is 2.26. The molecule has 12 nitrogen and oxygen atoms in total. The smallest absolute Gasteiger partial charge is 0.410 e. The van der Waals surface area contributed by atoms with Gasteiger partial charge in [-0.1, -0.05) is 29.8 Å². The number of halogens is 1. The molecule has 3 aromatic rings. The van der Waals surface area contributed by atoms with E-state index in [-0.39, 0.29) is 17.1 Å². The van der Waals surface area contributed by atoms with Gasteiger partial charge < -0.3 is 25.0 Å². The van der Waals surface area contributed by atoms with Gasteiger partial charge in [0.25, 0.3) is 0 Å². The molecular weight excluding hydrogens is 582 g/mol. The van der Waals surface area contributed by atoms with Gasteiger partial charge in [0.05, 0.1) is 23.8 Å². The summed E-state index contributed by atoms with van der Waals surface area (Å²) in [5.74, 6) is 1.27. The van der Waals surface area contributed by atoms with Crippen LogP contribution in [0.2, 0.25) is 5.02 Å². The van der Waals surface area contributed by atoms with Crippen LogP contribution in [-0.4, -0.2) is 85.5 Å². The molecule has 0 radical (unpaired) electrons. The van der Waals surface area contributed by atoms with E-state index >= 15 is 0 Å². The number of nitrogens with one attached hydrogen (secondary N) is 3. The highest BCUT2D eigenvalue weighted by Crippen LogP contribution is 2.30. The molecule has 226 valence electrons. The minimum absolute atomic E-state index is 0.263. The maximum atomic E-state index is 12.3. The van der Waals surface area contributed by atoms with Gasteiger partial charge in [0.2, 0.25) is 16.0 Å². The Labute approximate surface area is 251 Å². The van der Waals surface area contributed by atoms with Crippen molar-refractivity contribution in [3.63, 3.8) is 0 Å². The average molecular weight is 618 g/mol. The minimum atomic E-state index is -3.48. The summed E-state index contributed by atoms with van der Waals surface area (Å²) in [5.41, 5.74) is 1.05. The van der Waals surface area contributed by atoms with E-state index in [1.807, 2.05) is 45.0 Å². The van der Waals surface area contributed by atoms with Gasteiger partial charge in [-0.05, 0) is 45.0 Å². The monoisotopic (exact) mass is 617 g/mol. The van der Waals surface area contributed by atoms with Crippen molar-refractivity contribution in [3.05, 3.63) is 59.8 Å². The number of carbonyl (C=O) groups excluding carboxylic acids is 1. The first-order valence-electron chi connectivity index (χ1n) is 13.4. The van der Waals surface area contributed by atoms with E-state index in [0.717, 1.165) is 25.9 Å². The van der Waals surface area contributed by atoms with Crippen molar-refractivity contribution in [2.24, 2.45) is 0 Å². The summed E-state index contributed by atoms with van der Waals surface area (Å²) >= 11 is 6.33. The average Bonchev–Trinajstić information content (AvgIpc) is 2.90. The summed E-state index contributed by atoms with van der Waals surface area (Å²) in [7, 11) is -3.48. The van der Waals surface area contributed by atoms with Gasteiger partial charge in [-0.15, -0.1) is 0 Å². The van der Waals surface area contributed by atoms with Gasteiger partial charge in [-0.25, -0.2) is 18.2 Å². The molecule has 1 saturated heterocycles. The first kappa shape index (κ1) is 31.1. The number of sulfonamides is 1. The van der Waals surface area contributed by atoms with Crippen molar-refractivity contribution < 1.29 is 22.7 Å². The van der Waals surface area contributed by atoms with Crippen molar-refractivity contribution in [3.8, 4) is 5.75 Å². The van der Waals surface area contributed by atoms with Crippen molar-refractivity contribution in [1.29, 1.82) is 0 Å². The molecule has 1 aromatic heterocycles. The van der Waals surface area contributed by atoms with Gasteiger partial charge >= 0.3 is 6.09 Å². The Morgan fingerprint density at radius 3 is 2.43 bits per heavy atom. The minimum Gasteiger partial charge on any atom is -0.492 e. The summed E-state index contributed by atoms with van der Waals surface area (Å²) in [6.45, 7) is 9.55. The van der Waals surface area contributed by atoms with E-state index in [2.05, 4.69) is 30.2 Å². The SMILES string of the molecule is CC(C)(C)OC(=O)N1CCN(CCOc2cccc(Nc3ncc(Cl)c(Nc4ccccc4NS(C)(=O)=O)n3)c2)CC1. The molecule has 0 saturated carbocycles. The van der Waals surface area contributed by atoms with Crippen LogP contribution in [0.3, 0.4) is 0 Å². The van der Waals surface area contributed by atoms with Crippen LogP contribution in [0.1, 0.15) is 20.8 Å². The molecule has 0 bridgehead atoms. The van der Waals surface area contributed by atoms with Crippen molar-refractivity contribution in [2.45, 2.75) is 26.4 Å². The second-order valence-corrected chi connectivity index (χ2v) is 12.9. The molecular formula is C28H36ClN7O5S. The predicted molar refractivity (Wildman–Crippen MR) is 165 cm³/mol. The Morgan fingerprint density at radius 1 is 1.02 bits per heavy atom. The van der Waals surface area contributed by atoms with Crippen LogP contribution in [0.25, 0.3) is 0 Å². The number of para-hydroxylation sites is 2. The number of ether oxygens (including phenoxy) is 2. The largest absolute Gasteiger partial charge is 0.492 e. The molecule has 0 unspecified atom stereocenters. The van der Waals surface area contributed by atoms with Gasteiger partial charge in [0, 0.05) is 44.5 Å². The number of hydrogen-bond donors (Lipinski definition) is 3. The van der Waals surface area contributed by atoms with E-state index in [1.54, 1.807) is 29.2 Å². The molecule has 14 heteroatoms. The summed E-state index contributed by atoms with van der Waals surface area (Å²) in [4.78, 5) is 25.0. The van der Waals surface area contributed by atoms with E-state index in [4.69, 9.17) is 21.1 Å². The second kappa shape index (κ2) is 13.4. The fourth-order valence-electron chi connectivity index (χ4n) is 4.09. The Balaban J connectivity index is 1.31. The zero-order valence-electron chi connectivity index (χ0n) is 24.1. The molecule has 0 spiro atoms. The van der Waals surface area contributed by atoms with E-state index in [1.165, 1.54) is 6.20 Å². The highest BCUT2D eigenvalue weighted by molar-refractivity contribution is 7.92. The number of anilines is 5. The molecule has 2 aromatic carbocycles. The third-order valence-corrected chi connectivity index (χ3v) is 6.88. The zero-order valence-corrected chi connectivity index (χ0v) is 25.6. The Hall–Kier alpha value is -3.81. The molecule has 0 aliphatic carbocycles. The number of nitrogens with zero attached hydrogens (tertiary/aromatic N) is 4. The van der Waals surface area contributed by atoms with Crippen molar-refractivity contribution >= 4 is 56.5 Å². The molecule has 1 amide bonds. The molecule has 3 N–H and O–H groups in total. The Bertz CT molecular complexity index is 1490. The summed E-state index contributed by atoms with van der Waals surface area (Å²) < 4.78 is 37.4. The Kier molecular flexibility index (Phi) is 9.97. The van der Waals surface area contributed by atoms with Crippen LogP contribution in [-0.2, 0) is 14.8 Å². The number of carbonyl (C=O) groups is 1. The first-order chi connectivity index (χ1) is 19.8. The third-order valence-electron chi connectivity index (χ3n) is 6.01. The van der Waals surface area contributed by atoms with E-state index < -0.39 is 15.6 Å². The fraction of sp³-hybridized carbons (Fsp3) is 0.393. The summed E-state index contributed by atoms with van der Waals surface area (Å²) in [5, 5.41) is 6.48. The predicted octanol–water partition coefficient (Wildman–Crippen LogP) is 4.92. The zero-order chi connectivity index (χ0) is 30.3. The maximum absolute atomic E-state index is 12.3. The lowest BCUT2D eigenvalue weighted by Crippen LogP contribution is -2.50. The molecule has 4 rings (SSSR count). The maximum Gasteiger partial charge on any atom is 0.410 e. The Morgan fingerprint density at radius 2 is 1.74 bits per heavy atom. The highest BCUT2D eigenvalue weighted by atomic mass is 35.5. The topological polar surface area (TPSA) is 138 Å². The van der Waals surface area contributed by atoms with Crippen molar-refractivity contribution in [1.82, 2.24) is 19.8 Å². The normalized spacial score (nSPS) is 14.3. The number of aromatic nitrogens is 2. The lowest BCUT2D eigenvalue weighted by atomic mass is 10.2. The van der Waals surface area contributed by atoms with Crippen LogP contribution in [0.5, 0.6) is 5.75 Å². The van der Waals surface area contributed by atoms with Gasteiger partial charge in [0.1, 0.15) is 23.0 Å². The van der Waals surface area contributed by atoms with Gasteiger partial charge in [-0.3, -0.25) is 9.62 Å². The van der Waals surface area contributed by atoms with Crippen LogP contribution < -0.4 is 20.1 Å². The van der Waals surface area contributed by atoms with Crippen LogP contribution in [0, 0.1) is 0 Å². The van der Waals surface area contributed by atoms with Crippen LogP contribution in [0.15, 0.2) is 54.7 Å². The molecule has 1 fully saturated rings. The van der Waals surface area contributed by atoms with E-state index in [9.17, 15) is 13.2 Å². The summed E-state index contributed by atoms with van der Waals surface area (Å²) in [6, 6.07) is 14.3. The molecule has 1 aliphatic heterocycles. The van der Waals surface area contributed by atoms with Crippen molar-refractivity contribution in [2.75, 3.05) is 60.9 Å². The molecule has 2 heterocycles. The number of amides is 1. The standard InChI is InChI=1S/C28H36ClN7O5S/c1-28(2,3)41-27(37)36-14-12-35(13-15-36)16-17-40-21-9-7-8-20(18-21)31-26-30-19-22(29)25(33-26)32-23-10-5-6-11-24(23)34-42(4,38)39/h5-11,18-19,34H,12-17H2,1-4H3,(H2,30,31,32,33). The third kappa shape index (κ3) is 9.64. The van der Waals surface area contributed by atoms with Gasteiger partial charge in [0.15, 0.2) is 5.82 Å². The number of piperazine rings is 1. The molecule has 0 atom stereocenters.